The first kappa shape index (κ1) is 15.1. The Morgan fingerprint density at radius 1 is 1.04 bits per heavy atom. The molecule has 1 aliphatic rings. The smallest absolute Gasteiger partial charge is 0.228 e. The highest BCUT2D eigenvalue weighted by atomic mass is 16.5. The monoisotopic (exact) mass is 331 g/mol. The predicted octanol–water partition coefficient (Wildman–Crippen LogP) is 3.08. The Bertz CT molecular complexity index is 1070. The van der Waals surface area contributed by atoms with Crippen molar-refractivity contribution >= 4 is 22.9 Å². The molecular weight excluding hydrogens is 318 g/mol. The fourth-order valence-corrected chi connectivity index (χ4v) is 3.10. The number of carbonyl (C=O) groups is 3. The molecule has 0 atom stereocenters. The number of allylic oxidation sites excluding steroid dienone is 2. The van der Waals surface area contributed by atoms with Crippen LogP contribution in [0.25, 0.3) is 5.52 Å². The van der Waals surface area contributed by atoms with Gasteiger partial charge in [-0.3, -0.25) is 14.4 Å². The van der Waals surface area contributed by atoms with Crippen molar-refractivity contribution in [2.45, 2.75) is 0 Å². The maximum absolute atomic E-state index is 13.1. The Morgan fingerprint density at radius 2 is 1.80 bits per heavy atom. The van der Waals surface area contributed by atoms with Crippen molar-refractivity contribution in [3.8, 4) is 0 Å². The summed E-state index contributed by atoms with van der Waals surface area (Å²) in [5.74, 6) is -1.15. The minimum Gasteiger partial charge on any atom is -0.492 e. The van der Waals surface area contributed by atoms with Crippen LogP contribution in [0.15, 0.2) is 66.6 Å². The lowest BCUT2D eigenvalue weighted by molar-refractivity contribution is 0.0914. The number of rotatable bonds is 3. The van der Waals surface area contributed by atoms with Crippen LogP contribution in [-0.4, -0.2) is 28.9 Å². The molecule has 4 rings (SSSR count). The van der Waals surface area contributed by atoms with E-state index in [0.717, 1.165) is 6.08 Å². The Morgan fingerprint density at radius 3 is 2.52 bits per heavy atom. The van der Waals surface area contributed by atoms with Crippen LogP contribution in [0.5, 0.6) is 0 Å². The van der Waals surface area contributed by atoms with Crippen LogP contribution in [-0.2, 0) is 4.74 Å². The average molecular weight is 331 g/mol. The van der Waals surface area contributed by atoms with Crippen LogP contribution in [0, 0.1) is 0 Å². The first-order valence-corrected chi connectivity index (χ1v) is 7.70. The fraction of sp³-hybridized carbons (Fsp3) is 0.0500. The van der Waals surface area contributed by atoms with Crippen LogP contribution in [0.2, 0.25) is 0 Å². The van der Waals surface area contributed by atoms with Crippen LogP contribution in [0.4, 0.5) is 0 Å². The topological polar surface area (TPSA) is 64.8 Å². The summed E-state index contributed by atoms with van der Waals surface area (Å²) < 4.78 is 6.65. The predicted molar refractivity (Wildman–Crippen MR) is 91.0 cm³/mol. The van der Waals surface area contributed by atoms with E-state index >= 15 is 0 Å². The molecule has 0 unspecified atom stereocenters. The lowest BCUT2D eigenvalue weighted by Crippen LogP contribution is -2.24. The number of ether oxygens (including phenoxy) is 1. The van der Waals surface area contributed by atoms with E-state index in [4.69, 9.17) is 4.74 Å². The summed E-state index contributed by atoms with van der Waals surface area (Å²) in [5.41, 5.74) is 1.61. The van der Waals surface area contributed by atoms with E-state index in [1.54, 1.807) is 53.1 Å². The van der Waals surface area contributed by atoms with Crippen molar-refractivity contribution in [1.82, 2.24) is 4.40 Å². The lowest BCUT2D eigenvalue weighted by atomic mass is 9.89. The zero-order chi connectivity index (χ0) is 17.6. The number of ketones is 3. The zero-order valence-corrected chi connectivity index (χ0v) is 13.4. The highest BCUT2D eigenvalue weighted by molar-refractivity contribution is 6.28. The van der Waals surface area contributed by atoms with Crippen LogP contribution in [0.3, 0.4) is 0 Å². The summed E-state index contributed by atoms with van der Waals surface area (Å²) in [5, 5.41) is 0. The van der Waals surface area contributed by atoms with Gasteiger partial charge in [0.25, 0.3) is 0 Å². The number of hydrogen-bond donors (Lipinski definition) is 0. The summed E-state index contributed by atoms with van der Waals surface area (Å²) in [7, 11) is 1.34. The second-order valence-electron chi connectivity index (χ2n) is 5.69. The molecule has 25 heavy (non-hydrogen) atoms. The Kier molecular flexibility index (Phi) is 3.35. The molecule has 0 radical (unpaired) electrons. The first-order chi connectivity index (χ1) is 12.1. The van der Waals surface area contributed by atoms with Gasteiger partial charge in [-0.25, -0.2) is 0 Å². The number of methoxy groups -OCH3 is 1. The molecule has 0 amide bonds. The molecule has 0 saturated carbocycles. The Labute approximate surface area is 143 Å². The number of fused-ring (bicyclic) bond motifs is 2. The highest BCUT2D eigenvalue weighted by Gasteiger charge is 2.32. The third-order valence-electron chi connectivity index (χ3n) is 4.27. The molecular formula is C20H13NO4. The van der Waals surface area contributed by atoms with E-state index < -0.39 is 11.6 Å². The van der Waals surface area contributed by atoms with Gasteiger partial charge in [0, 0.05) is 28.9 Å². The maximum atomic E-state index is 13.1. The third-order valence-corrected chi connectivity index (χ3v) is 4.27. The third kappa shape index (κ3) is 2.21. The summed E-state index contributed by atoms with van der Waals surface area (Å²) in [4.78, 5) is 38.3. The molecule has 0 saturated heterocycles. The lowest BCUT2D eigenvalue weighted by Gasteiger charge is -2.18. The second kappa shape index (κ2) is 5.56. The van der Waals surface area contributed by atoms with Gasteiger partial charge in [0.05, 0.1) is 12.7 Å². The molecule has 0 N–H and O–H groups in total. The molecule has 1 aromatic carbocycles. The van der Waals surface area contributed by atoms with Gasteiger partial charge >= 0.3 is 0 Å². The minimum absolute atomic E-state index is 0.0217. The van der Waals surface area contributed by atoms with E-state index in [-0.39, 0.29) is 28.4 Å². The molecule has 5 heteroatoms. The molecule has 2 aromatic heterocycles. The van der Waals surface area contributed by atoms with Crippen LogP contribution < -0.4 is 0 Å². The summed E-state index contributed by atoms with van der Waals surface area (Å²) in [6.45, 7) is 0. The van der Waals surface area contributed by atoms with Gasteiger partial charge in [0.1, 0.15) is 5.69 Å². The molecule has 0 spiro atoms. The molecule has 3 aromatic rings. The van der Waals surface area contributed by atoms with E-state index in [1.807, 2.05) is 6.07 Å². The van der Waals surface area contributed by atoms with Crippen molar-refractivity contribution in [3.05, 3.63) is 88.9 Å². The number of Topliss-reactive ketones (excluding diaryl/α,β-unsaturated/α-hetero) is 1. The number of benzene rings is 1. The van der Waals surface area contributed by atoms with Crippen LogP contribution >= 0.6 is 0 Å². The number of carbonyl (C=O) groups excluding carboxylic acids is 3. The molecule has 2 heterocycles. The van der Waals surface area contributed by atoms with Gasteiger partial charge in [0.2, 0.25) is 11.6 Å². The number of pyridine rings is 1. The molecule has 0 aliphatic heterocycles. The van der Waals surface area contributed by atoms with Crippen LogP contribution in [0.1, 0.15) is 36.8 Å². The zero-order valence-electron chi connectivity index (χ0n) is 13.4. The van der Waals surface area contributed by atoms with Crippen molar-refractivity contribution in [3.63, 3.8) is 0 Å². The molecule has 0 bridgehead atoms. The second-order valence-corrected chi connectivity index (χ2v) is 5.69. The average Bonchev–Trinajstić information content (AvgIpc) is 3.11. The standard InChI is InChI=1S/C20H13NO4/c1-25-16-11-15(22)17-14(20(16)24)10-13-8-5-9-21(13)18(17)19(23)12-6-3-2-4-7-12/h2-11H,1H3. The quantitative estimate of drug-likeness (QED) is 0.692. The van der Waals surface area contributed by atoms with Gasteiger partial charge < -0.3 is 9.14 Å². The molecule has 122 valence electrons. The summed E-state index contributed by atoms with van der Waals surface area (Å²) >= 11 is 0. The van der Waals surface area contributed by atoms with E-state index in [2.05, 4.69) is 0 Å². The first-order valence-electron chi connectivity index (χ1n) is 7.70. The SMILES string of the molecule is COC1=CC(=O)c2c(cc3cccn3c2C(=O)c2ccccc2)C1=O. The number of nitrogens with zero attached hydrogens (tertiary/aromatic N) is 1. The van der Waals surface area contributed by atoms with Crippen molar-refractivity contribution in [1.29, 1.82) is 0 Å². The number of aromatic nitrogens is 1. The van der Waals surface area contributed by atoms with Crippen molar-refractivity contribution < 1.29 is 19.1 Å². The van der Waals surface area contributed by atoms with Crippen molar-refractivity contribution in [2.24, 2.45) is 0 Å². The van der Waals surface area contributed by atoms with Gasteiger partial charge in [-0.1, -0.05) is 30.3 Å². The molecule has 0 fully saturated rings. The Hall–Kier alpha value is -3.47. The van der Waals surface area contributed by atoms with E-state index in [9.17, 15) is 14.4 Å². The van der Waals surface area contributed by atoms with Gasteiger partial charge in [-0.15, -0.1) is 0 Å². The number of hydrogen-bond acceptors (Lipinski definition) is 4. The van der Waals surface area contributed by atoms with Gasteiger partial charge in [-0.2, -0.15) is 0 Å². The summed E-state index contributed by atoms with van der Waals surface area (Å²) in [6, 6.07) is 13.9. The van der Waals surface area contributed by atoms with Gasteiger partial charge in [0.15, 0.2) is 11.5 Å². The van der Waals surface area contributed by atoms with Gasteiger partial charge in [-0.05, 0) is 18.2 Å². The molecule has 1 aliphatic carbocycles. The largest absolute Gasteiger partial charge is 0.492 e. The minimum atomic E-state index is -0.415. The fourth-order valence-electron chi connectivity index (χ4n) is 3.10. The van der Waals surface area contributed by atoms with E-state index in [1.165, 1.54) is 7.11 Å². The highest BCUT2D eigenvalue weighted by Crippen LogP contribution is 2.28. The molecule has 5 nitrogen and oxygen atoms in total. The van der Waals surface area contributed by atoms with Crippen molar-refractivity contribution in [2.75, 3.05) is 7.11 Å². The maximum Gasteiger partial charge on any atom is 0.228 e. The Balaban J connectivity index is 2.05. The van der Waals surface area contributed by atoms with E-state index in [0.29, 0.717) is 11.1 Å². The normalized spacial score (nSPS) is 13.6. The summed E-state index contributed by atoms with van der Waals surface area (Å²) in [6.07, 6.45) is 2.85.